The zero-order valence-electron chi connectivity index (χ0n) is 12.7. The molecule has 1 aromatic carbocycles. The fraction of sp³-hybridized carbons (Fsp3) is 0.471. The fourth-order valence-electron chi connectivity index (χ4n) is 2.98. The van der Waals surface area contributed by atoms with E-state index in [1.807, 2.05) is 0 Å². The number of aromatic nitrogens is 1. The smallest absolute Gasteiger partial charge is 0.107 e. The third-order valence-electron chi connectivity index (χ3n) is 4.18. The molecule has 0 saturated carbocycles. The molecule has 3 rings (SSSR count). The van der Waals surface area contributed by atoms with E-state index in [0.717, 1.165) is 25.3 Å². The molecular weight excluding hydrogens is 278 g/mol. The lowest BCUT2D eigenvalue weighted by Crippen LogP contribution is -2.51. The Kier molecular flexibility index (Phi) is 4.68. The average Bonchev–Trinajstić information content (AvgIpc) is 2.93. The van der Waals surface area contributed by atoms with Gasteiger partial charge in [-0.2, -0.15) is 0 Å². The Morgan fingerprint density at radius 1 is 1.33 bits per heavy atom. The van der Waals surface area contributed by atoms with E-state index in [9.17, 15) is 0 Å². The van der Waals surface area contributed by atoms with E-state index in [2.05, 4.69) is 64.8 Å². The van der Waals surface area contributed by atoms with E-state index in [-0.39, 0.29) is 0 Å². The molecule has 0 amide bonds. The monoisotopic (exact) mass is 301 g/mol. The van der Waals surface area contributed by atoms with Gasteiger partial charge in [-0.25, -0.2) is 4.98 Å². The highest BCUT2D eigenvalue weighted by Crippen LogP contribution is 2.26. The van der Waals surface area contributed by atoms with Crippen molar-refractivity contribution in [3.63, 3.8) is 0 Å². The second-order valence-corrected chi connectivity index (χ2v) is 6.69. The maximum Gasteiger partial charge on any atom is 0.107 e. The molecule has 4 heteroatoms. The van der Waals surface area contributed by atoms with Gasteiger partial charge in [0.15, 0.2) is 0 Å². The number of nitrogens with zero attached hydrogens (tertiary/aromatic N) is 2. The van der Waals surface area contributed by atoms with Crippen molar-refractivity contribution >= 4 is 11.3 Å². The van der Waals surface area contributed by atoms with Gasteiger partial charge >= 0.3 is 0 Å². The Hall–Kier alpha value is -1.23. The zero-order valence-corrected chi connectivity index (χ0v) is 13.6. The Labute approximate surface area is 131 Å². The number of nitrogens with one attached hydrogen (secondary N) is 1. The van der Waals surface area contributed by atoms with Crippen LogP contribution in [0.3, 0.4) is 0 Å². The lowest BCUT2D eigenvalue weighted by Gasteiger charge is -2.40. The zero-order chi connectivity index (χ0) is 14.7. The van der Waals surface area contributed by atoms with Crippen LogP contribution >= 0.6 is 11.3 Å². The largest absolute Gasteiger partial charge is 0.311 e. The van der Waals surface area contributed by atoms with Gasteiger partial charge < -0.3 is 5.32 Å². The maximum absolute atomic E-state index is 4.64. The van der Waals surface area contributed by atoms with Crippen molar-refractivity contribution in [3.05, 3.63) is 52.0 Å². The predicted molar refractivity (Wildman–Crippen MR) is 88.5 cm³/mol. The summed E-state index contributed by atoms with van der Waals surface area (Å²) in [5.74, 6) is 0. The number of hydrogen-bond acceptors (Lipinski definition) is 4. The van der Waals surface area contributed by atoms with Gasteiger partial charge in [-0.1, -0.05) is 37.3 Å². The molecular formula is C17H23N3S. The van der Waals surface area contributed by atoms with Crippen molar-refractivity contribution in [1.29, 1.82) is 0 Å². The molecule has 0 aliphatic carbocycles. The molecule has 112 valence electrons. The van der Waals surface area contributed by atoms with Crippen molar-refractivity contribution in [2.75, 3.05) is 13.1 Å². The maximum atomic E-state index is 4.64. The van der Waals surface area contributed by atoms with E-state index < -0.39 is 0 Å². The molecule has 1 aromatic heterocycles. The molecule has 1 fully saturated rings. The van der Waals surface area contributed by atoms with Crippen LogP contribution in [-0.2, 0) is 6.54 Å². The Morgan fingerprint density at radius 3 is 2.81 bits per heavy atom. The van der Waals surface area contributed by atoms with Crippen molar-refractivity contribution in [2.24, 2.45) is 0 Å². The van der Waals surface area contributed by atoms with Gasteiger partial charge in [0.1, 0.15) is 5.01 Å². The number of rotatable bonds is 4. The second-order valence-electron chi connectivity index (χ2n) is 5.75. The first kappa shape index (κ1) is 14.7. The summed E-state index contributed by atoms with van der Waals surface area (Å²) in [6.07, 6.45) is 1.18. The Morgan fingerprint density at radius 2 is 2.14 bits per heavy atom. The highest BCUT2D eigenvalue weighted by atomic mass is 32.1. The first-order chi connectivity index (χ1) is 10.3. The topological polar surface area (TPSA) is 28.2 Å². The predicted octanol–water partition coefficient (Wildman–Crippen LogP) is 3.38. The van der Waals surface area contributed by atoms with Crippen LogP contribution in [0.5, 0.6) is 0 Å². The highest BCUT2D eigenvalue weighted by Gasteiger charge is 2.28. The molecule has 21 heavy (non-hydrogen) atoms. The van der Waals surface area contributed by atoms with Gasteiger partial charge in [0.2, 0.25) is 0 Å². The fourth-order valence-corrected chi connectivity index (χ4v) is 3.78. The molecule has 2 aromatic rings. The van der Waals surface area contributed by atoms with Crippen molar-refractivity contribution in [1.82, 2.24) is 15.2 Å². The molecule has 0 spiro atoms. The van der Waals surface area contributed by atoms with Crippen LogP contribution in [0.25, 0.3) is 0 Å². The van der Waals surface area contributed by atoms with E-state index >= 15 is 0 Å². The van der Waals surface area contributed by atoms with Crippen LogP contribution in [-0.4, -0.2) is 29.0 Å². The normalized spacial score (nSPS) is 23.3. The molecule has 1 saturated heterocycles. The lowest BCUT2D eigenvalue weighted by molar-refractivity contribution is 0.120. The summed E-state index contributed by atoms with van der Waals surface area (Å²) in [4.78, 5) is 7.22. The molecule has 1 aliphatic rings. The van der Waals surface area contributed by atoms with Crippen molar-refractivity contribution in [2.45, 2.75) is 38.9 Å². The second kappa shape index (κ2) is 6.69. The molecule has 0 radical (unpaired) electrons. The summed E-state index contributed by atoms with van der Waals surface area (Å²) in [6.45, 7) is 7.39. The van der Waals surface area contributed by atoms with Gasteiger partial charge in [-0.15, -0.1) is 11.3 Å². The van der Waals surface area contributed by atoms with E-state index in [1.165, 1.54) is 17.0 Å². The Balaban J connectivity index is 1.80. The number of aryl methyl sites for hydroxylation is 1. The SMILES string of the molecule is CCC1CN(Cc2nc(C)cs2)C(c2ccccc2)CN1. The van der Waals surface area contributed by atoms with Gasteiger partial charge in [0.25, 0.3) is 0 Å². The number of thiazole rings is 1. The molecule has 2 heterocycles. The minimum absolute atomic E-state index is 0.443. The summed E-state index contributed by atoms with van der Waals surface area (Å²) >= 11 is 1.78. The Bertz CT molecular complexity index is 566. The van der Waals surface area contributed by atoms with E-state index in [0.29, 0.717) is 12.1 Å². The summed E-state index contributed by atoms with van der Waals surface area (Å²) < 4.78 is 0. The standard InChI is InChI=1S/C17H23N3S/c1-3-15-10-20(11-17-19-13(2)12-21-17)16(9-18-15)14-7-5-4-6-8-14/h4-8,12,15-16,18H,3,9-11H2,1-2H3. The van der Waals surface area contributed by atoms with Gasteiger partial charge in [0, 0.05) is 36.2 Å². The van der Waals surface area contributed by atoms with Gasteiger partial charge in [-0.05, 0) is 18.9 Å². The third-order valence-corrected chi connectivity index (χ3v) is 5.13. The molecule has 1 N–H and O–H groups in total. The first-order valence-electron chi connectivity index (χ1n) is 7.69. The highest BCUT2D eigenvalue weighted by molar-refractivity contribution is 7.09. The summed E-state index contributed by atoms with van der Waals surface area (Å²) in [5, 5.41) is 7.05. The molecule has 3 nitrogen and oxygen atoms in total. The van der Waals surface area contributed by atoms with E-state index in [4.69, 9.17) is 0 Å². The van der Waals surface area contributed by atoms with Crippen LogP contribution in [0.4, 0.5) is 0 Å². The van der Waals surface area contributed by atoms with Crippen molar-refractivity contribution in [3.8, 4) is 0 Å². The summed E-state index contributed by atoms with van der Waals surface area (Å²) in [7, 11) is 0. The average molecular weight is 301 g/mol. The van der Waals surface area contributed by atoms with Crippen LogP contribution in [0.15, 0.2) is 35.7 Å². The number of benzene rings is 1. The molecule has 1 aliphatic heterocycles. The molecule has 2 atom stereocenters. The molecule has 2 unspecified atom stereocenters. The van der Waals surface area contributed by atoms with Crippen LogP contribution in [0, 0.1) is 6.92 Å². The first-order valence-corrected chi connectivity index (χ1v) is 8.57. The third kappa shape index (κ3) is 3.51. The van der Waals surface area contributed by atoms with Crippen LogP contribution in [0.1, 0.15) is 35.7 Å². The molecule has 0 bridgehead atoms. The lowest BCUT2D eigenvalue weighted by atomic mass is 10.0. The number of hydrogen-bond donors (Lipinski definition) is 1. The van der Waals surface area contributed by atoms with E-state index in [1.54, 1.807) is 11.3 Å². The number of piperazine rings is 1. The quantitative estimate of drug-likeness (QED) is 0.938. The summed E-state index contributed by atoms with van der Waals surface area (Å²) in [6, 6.07) is 11.9. The summed E-state index contributed by atoms with van der Waals surface area (Å²) in [5.41, 5.74) is 2.53. The van der Waals surface area contributed by atoms with Crippen LogP contribution < -0.4 is 5.32 Å². The minimum Gasteiger partial charge on any atom is -0.311 e. The van der Waals surface area contributed by atoms with Gasteiger partial charge in [-0.3, -0.25) is 4.90 Å². The van der Waals surface area contributed by atoms with Crippen molar-refractivity contribution < 1.29 is 0 Å². The van der Waals surface area contributed by atoms with Gasteiger partial charge in [0.05, 0.1) is 6.54 Å². The van der Waals surface area contributed by atoms with Crippen LogP contribution in [0.2, 0.25) is 0 Å². The minimum atomic E-state index is 0.443.